The molecule has 1 aliphatic heterocycles. The number of hydrogen-bond donors (Lipinski definition) is 0. The molecule has 2 nitrogen and oxygen atoms in total. The first-order valence-corrected chi connectivity index (χ1v) is 15.6. The molecular weight excluding hydrogens is 532 g/mol. The van der Waals surface area contributed by atoms with Gasteiger partial charge in [-0.25, -0.2) is 0 Å². The Labute approximate surface area is 258 Å². The largest absolute Gasteiger partial charge is 0.310 e. The van der Waals surface area contributed by atoms with Crippen molar-refractivity contribution in [3.63, 3.8) is 0 Å². The Morgan fingerprint density at radius 2 is 0.955 bits per heavy atom. The van der Waals surface area contributed by atoms with Gasteiger partial charge in [0.15, 0.2) is 0 Å². The topological polar surface area (TPSA) is 8.17 Å². The summed E-state index contributed by atoms with van der Waals surface area (Å²) in [6.45, 7) is 9.40. The summed E-state index contributed by atoms with van der Waals surface area (Å²) in [5.74, 6) is 0. The molecule has 0 atom stereocenters. The van der Waals surface area contributed by atoms with Crippen molar-refractivity contribution in [2.75, 3.05) is 4.90 Å². The summed E-state index contributed by atoms with van der Waals surface area (Å²) in [6.07, 6.45) is 0. The molecule has 0 saturated carbocycles. The minimum absolute atomic E-state index is 0.0475. The van der Waals surface area contributed by atoms with Crippen LogP contribution in [0.15, 0.2) is 133 Å². The Morgan fingerprint density at radius 3 is 1.66 bits per heavy atom. The minimum Gasteiger partial charge on any atom is -0.310 e. The fourth-order valence-electron chi connectivity index (χ4n) is 8.14. The third-order valence-corrected chi connectivity index (χ3v) is 10.4. The second-order valence-electron chi connectivity index (χ2n) is 13.4. The number of fused-ring (bicyclic) bond motifs is 8. The standard InChI is InChI=1S/C42H34N2/c1-41(2)33-15-7-5-13-29(33)31-25-32-30-14-6-10-18-37(30)43(40(32)26-36(31)41)27-21-23-28(24-22-27)44-38-19-11-8-16-34(38)42(3,4)35-17-9-12-20-39(35)44/h5-26H,1-4H3. The van der Waals surface area contributed by atoms with Gasteiger partial charge >= 0.3 is 0 Å². The quantitative estimate of drug-likeness (QED) is 0.202. The van der Waals surface area contributed by atoms with Crippen LogP contribution in [0.25, 0.3) is 38.6 Å². The van der Waals surface area contributed by atoms with Gasteiger partial charge in [0.1, 0.15) is 0 Å². The van der Waals surface area contributed by atoms with Gasteiger partial charge in [-0.15, -0.1) is 0 Å². The molecule has 1 aliphatic carbocycles. The van der Waals surface area contributed by atoms with Crippen molar-refractivity contribution in [3.05, 3.63) is 156 Å². The van der Waals surface area contributed by atoms with Crippen LogP contribution in [0.4, 0.5) is 17.1 Å². The molecular formula is C42H34N2. The average Bonchev–Trinajstić information content (AvgIpc) is 3.49. The van der Waals surface area contributed by atoms with Crippen LogP contribution in [0.1, 0.15) is 49.9 Å². The van der Waals surface area contributed by atoms with Crippen molar-refractivity contribution in [1.29, 1.82) is 0 Å². The molecule has 9 rings (SSSR count). The number of hydrogen-bond acceptors (Lipinski definition) is 1. The van der Waals surface area contributed by atoms with Crippen LogP contribution >= 0.6 is 0 Å². The normalized spacial score (nSPS) is 15.6. The van der Waals surface area contributed by atoms with E-state index in [0.29, 0.717) is 0 Å². The van der Waals surface area contributed by atoms with E-state index in [4.69, 9.17) is 0 Å². The van der Waals surface area contributed by atoms with E-state index in [2.05, 4.69) is 171 Å². The number of para-hydroxylation sites is 3. The summed E-state index contributed by atoms with van der Waals surface area (Å²) in [6, 6.07) is 49.5. The van der Waals surface area contributed by atoms with Gasteiger partial charge in [0.2, 0.25) is 0 Å². The lowest BCUT2D eigenvalue weighted by Gasteiger charge is -2.42. The molecule has 0 spiro atoms. The third kappa shape index (κ3) is 3.26. The number of anilines is 3. The van der Waals surface area contributed by atoms with Crippen molar-refractivity contribution in [1.82, 2.24) is 4.57 Å². The third-order valence-electron chi connectivity index (χ3n) is 10.4. The van der Waals surface area contributed by atoms with Crippen molar-refractivity contribution < 1.29 is 0 Å². The maximum atomic E-state index is 2.46. The molecule has 2 heteroatoms. The van der Waals surface area contributed by atoms with Crippen LogP contribution in [0, 0.1) is 0 Å². The molecule has 0 N–H and O–H groups in total. The zero-order valence-corrected chi connectivity index (χ0v) is 25.6. The molecule has 2 heterocycles. The molecule has 0 amide bonds. The highest BCUT2D eigenvalue weighted by atomic mass is 15.2. The highest BCUT2D eigenvalue weighted by Gasteiger charge is 2.37. The monoisotopic (exact) mass is 566 g/mol. The summed E-state index contributed by atoms with van der Waals surface area (Å²) < 4.78 is 2.45. The van der Waals surface area contributed by atoms with E-state index in [1.807, 2.05) is 0 Å². The van der Waals surface area contributed by atoms with Gasteiger partial charge in [0.25, 0.3) is 0 Å². The molecule has 0 saturated heterocycles. The van der Waals surface area contributed by atoms with E-state index in [1.165, 1.54) is 77.9 Å². The van der Waals surface area contributed by atoms with Gasteiger partial charge in [-0.1, -0.05) is 107 Å². The first kappa shape index (κ1) is 25.4. The lowest BCUT2D eigenvalue weighted by atomic mass is 9.73. The van der Waals surface area contributed by atoms with Crippen molar-refractivity contribution in [3.8, 4) is 16.8 Å². The highest BCUT2D eigenvalue weighted by molar-refractivity contribution is 6.11. The molecule has 44 heavy (non-hydrogen) atoms. The van der Waals surface area contributed by atoms with E-state index in [1.54, 1.807) is 0 Å². The van der Waals surface area contributed by atoms with Crippen LogP contribution in [0.2, 0.25) is 0 Å². The number of nitrogens with zero attached hydrogens (tertiary/aromatic N) is 2. The first-order chi connectivity index (χ1) is 21.4. The number of rotatable bonds is 2. The molecule has 212 valence electrons. The van der Waals surface area contributed by atoms with E-state index < -0.39 is 0 Å². The van der Waals surface area contributed by atoms with Crippen molar-refractivity contribution >= 4 is 38.9 Å². The van der Waals surface area contributed by atoms with E-state index in [0.717, 1.165) is 0 Å². The maximum Gasteiger partial charge on any atom is 0.0544 e. The smallest absolute Gasteiger partial charge is 0.0544 e. The van der Waals surface area contributed by atoms with Gasteiger partial charge in [-0.05, 0) is 88.0 Å². The van der Waals surface area contributed by atoms with Crippen LogP contribution < -0.4 is 4.90 Å². The number of aromatic nitrogens is 1. The second kappa shape index (κ2) is 8.74. The molecule has 0 unspecified atom stereocenters. The Balaban J connectivity index is 1.24. The fourth-order valence-corrected chi connectivity index (χ4v) is 8.14. The zero-order chi connectivity index (χ0) is 29.8. The summed E-state index contributed by atoms with van der Waals surface area (Å²) in [7, 11) is 0. The number of benzene rings is 6. The Morgan fingerprint density at radius 1 is 0.409 bits per heavy atom. The van der Waals surface area contributed by atoms with E-state index >= 15 is 0 Å². The lowest BCUT2D eigenvalue weighted by Crippen LogP contribution is -2.30. The van der Waals surface area contributed by atoms with Crippen molar-refractivity contribution in [2.24, 2.45) is 0 Å². The highest BCUT2D eigenvalue weighted by Crippen LogP contribution is 2.53. The first-order valence-electron chi connectivity index (χ1n) is 15.6. The summed E-state index contributed by atoms with van der Waals surface area (Å²) in [4.78, 5) is 2.43. The van der Waals surface area contributed by atoms with Crippen LogP contribution in [-0.4, -0.2) is 4.57 Å². The Kier molecular flexibility index (Phi) is 5.05. The SMILES string of the molecule is CC1(C)c2ccccc2-c2cc3c4ccccc4n(-c4ccc(N5c6ccccc6C(C)(C)c6ccccc65)cc4)c3cc21. The van der Waals surface area contributed by atoms with Gasteiger partial charge in [0, 0.05) is 33.0 Å². The zero-order valence-electron chi connectivity index (χ0n) is 25.6. The molecule has 6 aromatic carbocycles. The van der Waals surface area contributed by atoms with E-state index in [-0.39, 0.29) is 10.8 Å². The van der Waals surface area contributed by atoms with Gasteiger partial charge in [-0.3, -0.25) is 0 Å². The second-order valence-corrected chi connectivity index (χ2v) is 13.4. The minimum atomic E-state index is -0.0692. The fraction of sp³-hybridized carbons (Fsp3) is 0.143. The van der Waals surface area contributed by atoms with Crippen LogP contribution in [0.3, 0.4) is 0 Å². The predicted octanol–water partition coefficient (Wildman–Crippen LogP) is 11.2. The van der Waals surface area contributed by atoms with Crippen molar-refractivity contribution in [2.45, 2.75) is 38.5 Å². The van der Waals surface area contributed by atoms with Crippen LogP contribution in [-0.2, 0) is 10.8 Å². The Hall–Kier alpha value is -5.08. The molecule has 1 aromatic heterocycles. The molecule has 0 fully saturated rings. The van der Waals surface area contributed by atoms with Gasteiger partial charge in [-0.2, -0.15) is 0 Å². The van der Waals surface area contributed by atoms with E-state index in [9.17, 15) is 0 Å². The van der Waals surface area contributed by atoms with Gasteiger partial charge < -0.3 is 9.47 Å². The van der Waals surface area contributed by atoms with Gasteiger partial charge in [0.05, 0.1) is 22.4 Å². The molecule has 2 aliphatic rings. The van der Waals surface area contributed by atoms with Crippen LogP contribution in [0.5, 0.6) is 0 Å². The summed E-state index contributed by atoms with van der Waals surface area (Å²) >= 11 is 0. The predicted molar refractivity (Wildman–Crippen MR) is 185 cm³/mol. The summed E-state index contributed by atoms with van der Waals surface area (Å²) in [5, 5.41) is 2.59. The summed E-state index contributed by atoms with van der Waals surface area (Å²) in [5.41, 5.74) is 15.5. The lowest BCUT2D eigenvalue weighted by molar-refractivity contribution is 0.632. The molecule has 0 radical (unpaired) electrons. The average molecular weight is 567 g/mol. The maximum absolute atomic E-state index is 2.46. The molecule has 7 aromatic rings. The Bertz CT molecular complexity index is 2230. The molecule has 0 bridgehead atoms.